The molecule has 0 aliphatic heterocycles. The third-order valence-electron chi connectivity index (χ3n) is 2.47. The number of aromatic amines is 1. The Balaban J connectivity index is 2.16. The van der Waals surface area contributed by atoms with Crippen molar-refractivity contribution in [3.63, 3.8) is 0 Å². The molecule has 2 aromatic heterocycles. The zero-order chi connectivity index (χ0) is 14.1. The van der Waals surface area contributed by atoms with E-state index in [-0.39, 0.29) is 10.8 Å². The van der Waals surface area contributed by atoms with Crippen LogP contribution < -0.4 is 0 Å². The lowest BCUT2D eigenvalue weighted by atomic mass is 10.2. The molecule has 1 aromatic carbocycles. The fourth-order valence-corrected chi connectivity index (χ4v) is 2.64. The van der Waals surface area contributed by atoms with Crippen molar-refractivity contribution >= 4 is 40.1 Å². The first kappa shape index (κ1) is 12.8. The van der Waals surface area contributed by atoms with E-state index >= 15 is 0 Å². The zero-order valence-electron chi connectivity index (χ0n) is 9.78. The molecule has 20 heavy (non-hydrogen) atoms. The number of imidazole rings is 1. The van der Waals surface area contributed by atoms with Crippen LogP contribution in [0.25, 0.3) is 11.0 Å². The van der Waals surface area contributed by atoms with Gasteiger partial charge in [-0.1, -0.05) is 11.6 Å². The third-order valence-corrected chi connectivity index (χ3v) is 3.62. The van der Waals surface area contributed by atoms with Crippen LogP contribution in [0, 0.1) is 10.1 Å². The average Bonchev–Trinajstić information content (AvgIpc) is 2.91. The van der Waals surface area contributed by atoms with Crippen LogP contribution in [-0.4, -0.2) is 24.9 Å². The average molecular weight is 308 g/mol. The number of rotatable bonds is 3. The van der Waals surface area contributed by atoms with E-state index in [0.29, 0.717) is 21.1 Å². The summed E-state index contributed by atoms with van der Waals surface area (Å²) in [5.74, 6) is 0. The summed E-state index contributed by atoms with van der Waals surface area (Å²) < 4.78 is 0. The summed E-state index contributed by atoms with van der Waals surface area (Å²) in [5, 5.41) is 11.9. The lowest BCUT2D eigenvalue weighted by Gasteiger charge is -2.03. The number of H-pyrrole nitrogens is 1. The van der Waals surface area contributed by atoms with Gasteiger partial charge in [-0.3, -0.25) is 15.1 Å². The number of nitro benzene ring substituents is 1. The van der Waals surface area contributed by atoms with Gasteiger partial charge in [0.1, 0.15) is 5.15 Å². The van der Waals surface area contributed by atoms with Crippen LogP contribution >= 0.6 is 23.4 Å². The van der Waals surface area contributed by atoms with Gasteiger partial charge in [0.05, 0.1) is 27.0 Å². The fourth-order valence-electron chi connectivity index (χ4n) is 1.64. The quantitative estimate of drug-likeness (QED) is 0.590. The van der Waals surface area contributed by atoms with Gasteiger partial charge in [-0.15, -0.1) is 0 Å². The number of hydrogen-bond donors (Lipinski definition) is 1. The van der Waals surface area contributed by atoms with Gasteiger partial charge in [-0.2, -0.15) is 0 Å². The molecule has 0 unspecified atom stereocenters. The summed E-state index contributed by atoms with van der Waals surface area (Å²) in [4.78, 5) is 26.2. The zero-order valence-corrected chi connectivity index (χ0v) is 11.4. The molecule has 0 aliphatic rings. The fraction of sp³-hybridized carbons (Fsp3) is 0. The Morgan fingerprint density at radius 3 is 2.85 bits per heavy atom. The maximum absolute atomic E-state index is 11.2. The SMILES string of the molecule is O=[N+]([O-])c1cc2nc(Cl)cnc2cc1Sc1ncc[nH]1. The van der Waals surface area contributed by atoms with Crippen LogP contribution in [-0.2, 0) is 0 Å². The summed E-state index contributed by atoms with van der Waals surface area (Å²) >= 11 is 6.90. The van der Waals surface area contributed by atoms with Crippen LogP contribution in [0.1, 0.15) is 0 Å². The summed E-state index contributed by atoms with van der Waals surface area (Å²) in [6.45, 7) is 0. The van der Waals surface area contributed by atoms with Gasteiger partial charge in [0.15, 0.2) is 5.16 Å². The minimum Gasteiger partial charge on any atom is -0.339 e. The summed E-state index contributed by atoms with van der Waals surface area (Å²) in [5.41, 5.74) is 0.859. The van der Waals surface area contributed by atoms with E-state index in [1.807, 2.05) is 0 Å². The predicted molar refractivity (Wildman–Crippen MR) is 73.9 cm³/mol. The van der Waals surface area contributed by atoms with Gasteiger partial charge in [0.25, 0.3) is 5.69 Å². The number of aromatic nitrogens is 4. The van der Waals surface area contributed by atoms with E-state index in [9.17, 15) is 10.1 Å². The highest BCUT2D eigenvalue weighted by Gasteiger charge is 2.18. The van der Waals surface area contributed by atoms with Gasteiger partial charge in [-0.05, 0) is 17.8 Å². The summed E-state index contributed by atoms with van der Waals surface area (Å²) in [6, 6.07) is 2.96. The Morgan fingerprint density at radius 2 is 2.15 bits per heavy atom. The second-order valence-electron chi connectivity index (χ2n) is 3.75. The molecule has 9 heteroatoms. The standard InChI is InChI=1S/C11H6ClN5O2S/c12-10-5-15-6-4-9(20-11-13-1-2-14-11)8(17(18)19)3-7(6)16-10/h1-5H,(H,13,14). The van der Waals surface area contributed by atoms with Crippen molar-refractivity contribution in [1.29, 1.82) is 0 Å². The normalized spacial score (nSPS) is 10.8. The van der Waals surface area contributed by atoms with Crippen LogP contribution in [0.2, 0.25) is 5.15 Å². The third kappa shape index (κ3) is 2.43. The molecule has 0 radical (unpaired) electrons. The Morgan fingerprint density at radius 1 is 1.30 bits per heavy atom. The van der Waals surface area contributed by atoms with Crippen molar-refractivity contribution in [1.82, 2.24) is 19.9 Å². The molecule has 0 aliphatic carbocycles. The van der Waals surface area contributed by atoms with E-state index in [0.717, 1.165) is 11.8 Å². The van der Waals surface area contributed by atoms with Crippen molar-refractivity contribution in [2.75, 3.05) is 0 Å². The highest BCUT2D eigenvalue weighted by molar-refractivity contribution is 7.99. The molecule has 0 atom stereocenters. The molecule has 0 saturated heterocycles. The molecule has 3 aromatic rings. The highest BCUT2D eigenvalue weighted by Crippen LogP contribution is 2.35. The van der Waals surface area contributed by atoms with Crippen LogP contribution in [0.3, 0.4) is 0 Å². The van der Waals surface area contributed by atoms with Gasteiger partial charge >= 0.3 is 0 Å². The molecule has 2 heterocycles. The molecule has 3 rings (SSSR count). The first-order valence-corrected chi connectivity index (χ1v) is 6.61. The molecule has 0 amide bonds. The number of nitro groups is 1. The first-order valence-electron chi connectivity index (χ1n) is 5.41. The number of fused-ring (bicyclic) bond motifs is 1. The highest BCUT2D eigenvalue weighted by atomic mass is 35.5. The Hall–Kier alpha value is -2.19. The molecule has 0 bridgehead atoms. The van der Waals surface area contributed by atoms with Gasteiger partial charge in [-0.25, -0.2) is 9.97 Å². The van der Waals surface area contributed by atoms with E-state index in [2.05, 4.69) is 19.9 Å². The van der Waals surface area contributed by atoms with Gasteiger partial charge in [0, 0.05) is 18.5 Å². The molecule has 0 fully saturated rings. The lowest BCUT2D eigenvalue weighted by molar-refractivity contribution is -0.387. The Labute approximate surface area is 121 Å². The Bertz CT molecular complexity index is 793. The molecular weight excluding hydrogens is 302 g/mol. The minimum atomic E-state index is -0.465. The number of benzene rings is 1. The van der Waals surface area contributed by atoms with E-state index in [1.54, 1.807) is 18.5 Å². The number of halogens is 1. The number of nitrogens with one attached hydrogen (secondary N) is 1. The molecular formula is C11H6ClN5O2S. The van der Waals surface area contributed by atoms with Crippen molar-refractivity contribution in [3.05, 3.63) is 46.0 Å². The lowest BCUT2D eigenvalue weighted by Crippen LogP contribution is -1.94. The van der Waals surface area contributed by atoms with E-state index in [4.69, 9.17) is 11.6 Å². The van der Waals surface area contributed by atoms with Gasteiger partial charge < -0.3 is 4.98 Å². The first-order chi connectivity index (χ1) is 9.63. The van der Waals surface area contributed by atoms with Crippen LogP contribution in [0.15, 0.2) is 40.8 Å². The summed E-state index contributed by atoms with van der Waals surface area (Å²) in [6.07, 6.45) is 4.63. The maximum Gasteiger partial charge on any atom is 0.285 e. The molecule has 100 valence electrons. The molecule has 7 nitrogen and oxygen atoms in total. The molecule has 0 saturated carbocycles. The topological polar surface area (TPSA) is 97.6 Å². The van der Waals surface area contributed by atoms with Crippen molar-refractivity contribution in [2.45, 2.75) is 10.1 Å². The van der Waals surface area contributed by atoms with Crippen molar-refractivity contribution in [2.24, 2.45) is 0 Å². The number of hydrogen-bond acceptors (Lipinski definition) is 6. The maximum atomic E-state index is 11.2. The van der Waals surface area contributed by atoms with Gasteiger partial charge in [0.2, 0.25) is 0 Å². The second-order valence-corrected chi connectivity index (χ2v) is 5.17. The van der Waals surface area contributed by atoms with E-state index in [1.165, 1.54) is 12.3 Å². The number of nitrogens with zero attached hydrogens (tertiary/aromatic N) is 4. The monoisotopic (exact) mass is 307 g/mol. The molecule has 0 spiro atoms. The Kier molecular flexibility index (Phi) is 3.25. The smallest absolute Gasteiger partial charge is 0.285 e. The summed E-state index contributed by atoms with van der Waals surface area (Å²) in [7, 11) is 0. The second kappa shape index (κ2) is 5.06. The van der Waals surface area contributed by atoms with Crippen LogP contribution in [0.4, 0.5) is 5.69 Å². The predicted octanol–water partition coefficient (Wildman–Crippen LogP) is 3.07. The van der Waals surface area contributed by atoms with E-state index < -0.39 is 4.92 Å². The molecule has 1 N–H and O–H groups in total. The minimum absolute atomic E-state index is 0.0598. The van der Waals surface area contributed by atoms with Crippen molar-refractivity contribution in [3.8, 4) is 0 Å². The largest absolute Gasteiger partial charge is 0.339 e. The van der Waals surface area contributed by atoms with Crippen molar-refractivity contribution < 1.29 is 4.92 Å². The van der Waals surface area contributed by atoms with Crippen LogP contribution in [0.5, 0.6) is 0 Å².